The number of benzene rings is 2. The van der Waals surface area contributed by atoms with Crippen LogP contribution < -0.4 is 18.9 Å². The molecule has 16 nitrogen and oxygen atoms in total. The minimum Gasteiger partial charge on any atom is -0.497 e. The number of esters is 2. The number of aliphatic hydroxyl groups excluding tert-OH is 1. The van der Waals surface area contributed by atoms with E-state index in [1.165, 1.54) is 34.5 Å². The van der Waals surface area contributed by atoms with Gasteiger partial charge < -0.3 is 61.9 Å². The molecule has 2 aromatic rings. The normalized spacial score (nSPS) is 33.3. The predicted octanol–water partition coefficient (Wildman–Crippen LogP) is 6.55. The van der Waals surface area contributed by atoms with Crippen LogP contribution >= 0.6 is 0 Å². The van der Waals surface area contributed by atoms with Gasteiger partial charge >= 0.3 is 11.9 Å². The summed E-state index contributed by atoms with van der Waals surface area (Å²) in [6, 6.07) is 6.49. The minimum absolute atomic E-state index is 0.00564. The smallest absolute Gasteiger partial charge is 0.342 e. The van der Waals surface area contributed by atoms with E-state index in [2.05, 4.69) is 0 Å². The number of halogens is 2. The average molecular weight is 927 g/mol. The Labute approximate surface area is 381 Å². The number of fused-ring (bicyclic) bond motifs is 2. The molecular formula is C48H56F2O16. The number of epoxide rings is 2. The first-order chi connectivity index (χ1) is 31.3. The van der Waals surface area contributed by atoms with Gasteiger partial charge in [-0.2, -0.15) is 0 Å². The minimum atomic E-state index is -1.49. The van der Waals surface area contributed by atoms with Gasteiger partial charge in [-0.15, -0.1) is 0 Å². The van der Waals surface area contributed by atoms with Gasteiger partial charge in [0.1, 0.15) is 87.8 Å². The van der Waals surface area contributed by atoms with E-state index in [1.807, 2.05) is 13.8 Å². The molecule has 3 unspecified atom stereocenters. The van der Waals surface area contributed by atoms with Crippen molar-refractivity contribution in [2.45, 2.75) is 120 Å². The molecule has 1 N–H and O–H groups in total. The van der Waals surface area contributed by atoms with Gasteiger partial charge in [-0.1, -0.05) is 12.2 Å². The van der Waals surface area contributed by atoms with Crippen molar-refractivity contribution in [2.24, 2.45) is 0 Å². The van der Waals surface area contributed by atoms with Crippen molar-refractivity contribution >= 4 is 29.9 Å². The number of Topliss-reactive ketones (excluding diaryl/α,β-unsaturated/α-hetero) is 1. The van der Waals surface area contributed by atoms with E-state index in [-0.39, 0.29) is 49.1 Å². The van der Waals surface area contributed by atoms with Crippen molar-refractivity contribution in [1.29, 1.82) is 0 Å². The highest BCUT2D eigenvalue weighted by Gasteiger charge is 2.76. The molecule has 8 rings (SSSR count). The molecular weight excluding hydrogens is 871 g/mol. The van der Waals surface area contributed by atoms with Gasteiger partial charge in [-0.05, 0) is 89.1 Å². The molecule has 9 atom stereocenters. The Morgan fingerprint density at radius 1 is 0.667 bits per heavy atom. The van der Waals surface area contributed by atoms with Crippen LogP contribution in [0.15, 0.2) is 60.2 Å². The first-order valence-corrected chi connectivity index (χ1v) is 21.4. The Morgan fingerprint density at radius 3 is 1.61 bits per heavy atom. The topological polar surface area (TPSA) is 189 Å². The SMILES string of the molecule is COCOc1cc(OC)cc2c1C(=O)O[C@@H](C)C/C=C(/F)C(O)[C@H]1OC(C)(C)C3(/C=C/2)O[C@H]13.COCOc1cc(OC)cc2c1C(=O)O[C@@H](C)CC=C(F)C(=O)[C@H]1OC(C)(C)C3(/C=C/2)O[C@H]13. The van der Waals surface area contributed by atoms with Crippen LogP contribution in [0.25, 0.3) is 12.2 Å². The summed E-state index contributed by atoms with van der Waals surface area (Å²) in [6.07, 6.45) is 3.32. The first-order valence-electron chi connectivity index (χ1n) is 21.4. The summed E-state index contributed by atoms with van der Waals surface area (Å²) in [4.78, 5) is 39.0. The molecule has 0 aromatic heterocycles. The maximum Gasteiger partial charge on any atom is 0.342 e. The van der Waals surface area contributed by atoms with E-state index < -0.39 is 94.5 Å². The van der Waals surface area contributed by atoms with Crippen molar-refractivity contribution in [3.63, 3.8) is 0 Å². The van der Waals surface area contributed by atoms with Gasteiger partial charge in [0.15, 0.2) is 25.5 Å². The summed E-state index contributed by atoms with van der Waals surface area (Å²) in [5, 5.41) is 10.6. The second-order valence-electron chi connectivity index (χ2n) is 17.6. The number of aliphatic hydroxyl groups is 1. The molecule has 4 fully saturated rings. The first kappa shape index (κ1) is 48.7. The number of hydrogen-bond donors (Lipinski definition) is 1. The zero-order valence-corrected chi connectivity index (χ0v) is 38.5. The third kappa shape index (κ3) is 9.11. The third-order valence-electron chi connectivity index (χ3n) is 12.4. The highest BCUT2D eigenvalue weighted by atomic mass is 19.1. The van der Waals surface area contributed by atoms with Crippen LogP contribution in [-0.4, -0.2) is 130 Å². The van der Waals surface area contributed by atoms with E-state index in [1.54, 1.807) is 76.3 Å². The number of hydrogen-bond acceptors (Lipinski definition) is 16. The highest BCUT2D eigenvalue weighted by Crippen LogP contribution is 2.59. The van der Waals surface area contributed by atoms with Crippen molar-refractivity contribution < 1.29 is 85.1 Å². The molecule has 0 aliphatic carbocycles. The average Bonchev–Trinajstić information content (AvgIpc) is 4.18. The fourth-order valence-corrected chi connectivity index (χ4v) is 8.67. The molecule has 6 aliphatic rings. The van der Waals surface area contributed by atoms with Crippen LogP contribution in [0.5, 0.6) is 23.0 Å². The lowest BCUT2D eigenvalue weighted by Crippen LogP contribution is -2.39. The van der Waals surface area contributed by atoms with E-state index >= 15 is 0 Å². The van der Waals surface area contributed by atoms with Gasteiger partial charge in [-0.25, -0.2) is 18.4 Å². The summed E-state index contributed by atoms with van der Waals surface area (Å²) in [7, 11) is 5.94. The van der Waals surface area contributed by atoms with Crippen molar-refractivity contribution in [3.05, 3.63) is 82.5 Å². The van der Waals surface area contributed by atoms with Crippen LogP contribution in [0.1, 0.15) is 86.2 Å². The molecule has 6 heterocycles. The summed E-state index contributed by atoms with van der Waals surface area (Å²) in [6.45, 7) is 10.3. The quantitative estimate of drug-likeness (QED) is 0.170. The molecule has 2 aromatic carbocycles. The number of carbonyl (C=O) groups excluding carboxylic acids is 3. The number of carbonyl (C=O) groups is 3. The molecule has 66 heavy (non-hydrogen) atoms. The second-order valence-corrected chi connectivity index (χ2v) is 17.6. The highest BCUT2D eigenvalue weighted by molar-refractivity contribution is 5.99. The third-order valence-corrected chi connectivity index (χ3v) is 12.4. The standard InChI is InChI=1S/C24H29FO8.C24H27FO8/c2*1-13-6-7-16(25)19(26)20-21-24(33-21,23(2,3)32-20)9-8-14-10-15(29-5)11-17(30-12-28-4)18(14)22(27)31-13/h7-11,13,19-21,26H,6,12H2,1-5H3;7-11,13,20-21H,6,12H2,1-5H3/b9-8+,16-7+;9-8+,16-7?/t13-,19?,20+,21+,24?;13-,20+,21+,24?/m00/s1. The lowest BCUT2D eigenvalue weighted by molar-refractivity contribution is -0.143. The van der Waals surface area contributed by atoms with Gasteiger partial charge in [0.25, 0.3) is 0 Å². The Balaban J connectivity index is 0.000000196. The van der Waals surface area contributed by atoms with Crippen LogP contribution in [-0.2, 0) is 42.7 Å². The lowest BCUT2D eigenvalue weighted by Gasteiger charge is -2.29. The molecule has 0 saturated carbocycles. The lowest BCUT2D eigenvalue weighted by atomic mass is 9.87. The Morgan fingerprint density at radius 2 is 1.14 bits per heavy atom. The second kappa shape index (κ2) is 18.8. The van der Waals surface area contributed by atoms with Gasteiger partial charge in [-0.3, -0.25) is 4.79 Å². The van der Waals surface area contributed by atoms with Crippen molar-refractivity contribution in [3.8, 4) is 23.0 Å². The maximum atomic E-state index is 14.7. The molecule has 0 amide bonds. The molecule has 6 aliphatic heterocycles. The maximum absolute atomic E-state index is 14.7. The fraction of sp³-hybridized carbons (Fsp3) is 0.521. The van der Waals surface area contributed by atoms with E-state index in [0.717, 1.165) is 6.08 Å². The van der Waals surface area contributed by atoms with E-state index in [0.29, 0.717) is 22.6 Å². The van der Waals surface area contributed by atoms with Gasteiger partial charge in [0, 0.05) is 39.2 Å². The molecule has 18 heteroatoms. The van der Waals surface area contributed by atoms with Crippen molar-refractivity contribution in [1.82, 2.24) is 0 Å². The molecule has 0 spiro atoms. The predicted molar refractivity (Wildman–Crippen MR) is 231 cm³/mol. The number of ether oxygens (including phenoxy) is 12. The van der Waals surface area contributed by atoms with Crippen LogP contribution in [0.4, 0.5) is 8.78 Å². The molecule has 4 saturated heterocycles. The number of rotatable bonds is 8. The van der Waals surface area contributed by atoms with Gasteiger partial charge in [0.2, 0.25) is 5.78 Å². The number of cyclic esters (lactones) is 2. The zero-order valence-electron chi connectivity index (χ0n) is 38.5. The Kier molecular flexibility index (Phi) is 13.9. The van der Waals surface area contributed by atoms with Crippen LogP contribution in [0, 0.1) is 0 Å². The van der Waals surface area contributed by atoms with Crippen LogP contribution in [0.3, 0.4) is 0 Å². The zero-order chi connectivity index (χ0) is 47.9. The summed E-state index contributed by atoms with van der Waals surface area (Å²) >= 11 is 0. The molecule has 358 valence electrons. The van der Waals surface area contributed by atoms with E-state index in [4.69, 9.17) is 56.8 Å². The van der Waals surface area contributed by atoms with E-state index in [9.17, 15) is 28.3 Å². The summed E-state index contributed by atoms with van der Waals surface area (Å²) in [5.74, 6) is -2.43. The summed E-state index contributed by atoms with van der Waals surface area (Å²) in [5.41, 5.74) is -2.31. The Hall–Kier alpha value is -5.21. The number of methoxy groups -OCH3 is 4. The number of ketones is 1. The fourth-order valence-electron chi connectivity index (χ4n) is 8.67. The monoisotopic (exact) mass is 926 g/mol. The summed E-state index contributed by atoms with van der Waals surface area (Å²) < 4.78 is 96.2. The molecule has 0 radical (unpaired) electrons. The molecule has 4 bridgehead atoms. The van der Waals surface area contributed by atoms with Gasteiger partial charge in [0.05, 0.1) is 25.4 Å². The van der Waals surface area contributed by atoms with Crippen molar-refractivity contribution in [2.75, 3.05) is 42.0 Å². The van der Waals surface area contributed by atoms with Crippen LogP contribution in [0.2, 0.25) is 0 Å². The largest absolute Gasteiger partial charge is 0.497 e. The Bertz CT molecular complexity index is 2340.